The maximum absolute atomic E-state index is 12.8. The van der Waals surface area contributed by atoms with Gasteiger partial charge in [-0.3, -0.25) is 4.99 Å². The van der Waals surface area contributed by atoms with E-state index in [1.54, 1.807) is 32.2 Å². The van der Waals surface area contributed by atoms with Gasteiger partial charge in [0, 0.05) is 38.0 Å². The minimum atomic E-state index is -2.94. The first kappa shape index (κ1) is 23.4. The molecule has 0 saturated carbocycles. The zero-order valence-electron chi connectivity index (χ0n) is 17.7. The average molecular weight is 425 g/mol. The number of nitrogens with zero attached hydrogens (tertiary/aromatic N) is 3. The van der Waals surface area contributed by atoms with Gasteiger partial charge in [-0.1, -0.05) is 31.1 Å². The van der Waals surface area contributed by atoms with Crippen LogP contribution in [0.5, 0.6) is 11.5 Å². The van der Waals surface area contributed by atoms with Crippen LogP contribution in [0, 0.1) is 0 Å². The van der Waals surface area contributed by atoms with Gasteiger partial charge in [0.25, 0.3) is 0 Å². The molecular weight excluding hydrogens is 396 g/mol. The number of nitrogens with one attached hydrogen (secondary N) is 2. The molecule has 0 amide bonds. The van der Waals surface area contributed by atoms with Crippen molar-refractivity contribution >= 4 is 5.96 Å². The zero-order chi connectivity index (χ0) is 21.9. The normalized spacial score (nSPS) is 11.8. The number of halogens is 2. The Kier molecular flexibility index (Phi) is 9.30. The van der Waals surface area contributed by atoms with Crippen molar-refractivity contribution in [2.24, 2.45) is 4.99 Å². The molecule has 1 aromatic heterocycles. The Hall–Kier alpha value is -2.91. The Morgan fingerprint density at radius 3 is 2.70 bits per heavy atom. The summed E-state index contributed by atoms with van der Waals surface area (Å²) in [5.74, 6) is 2.36. The summed E-state index contributed by atoms with van der Waals surface area (Å²) >= 11 is 0. The fourth-order valence-electron chi connectivity index (χ4n) is 2.64. The number of hydrogen-bond donors (Lipinski definition) is 2. The van der Waals surface area contributed by atoms with Gasteiger partial charge in [0.2, 0.25) is 5.89 Å². The number of alkyl halides is 2. The second-order valence-corrected chi connectivity index (χ2v) is 6.71. The predicted molar refractivity (Wildman–Crippen MR) is 109 cm³/mol. The molecule has 10 heteroatoms. The molecule has 0 aliphatic carbocycles. The molecule has 2 aromatic rings. The number of hydrogen-bond acceptors (Lipinski definition) is 6. The quantitative estimate of drug-likeness (QED) is 0.323. The third-order valence-electron chi connectivity index (χ3n) is 4.10. The van der Waals surface area contributed by atoms with E-state index in [4.69, 9.17) is 9.26 Å². The molecule has 2 N–H and O–H groups in total. The summed E-state index contributed by atoms with van der Waals surface area (Å²) in [5.41, 5.74) is 0.538. The van der Waals surface area contributed by atoms with Gasteiger partial charge in [0.1, 0.15) is 0 Å². The van der Waals surface area contributed by atoms with Gasteiger partial charge >= 0.3 is 6.61 Å². The van der Waals surface area contributed by atoms with Crippen LogP contribution in [0.4, 0.5) is 8.78 Å². The van der Waals surface area contributed by atoms with E-state index in [1.165, 1.54) is 0 Å². The lowest BCUT2D eigenvalue weighted by Crippen LogP contribution is -2.37. The van der Waals surface area contributed by atoms with Crippen molar-refractivity contribution in [3.63, 3.8) is 0 Å². The minimum Gasteiger partial charge on any atom is -0.490 e. The number of rotatable bonds is 11. The summed E-state index contributed by atoms with van der Waals surface area (Å²) in [4.78, 5) is 8.49. The van der Waals surface area contributed by atoms with Crippen LogP contribution < -0.4 is 20.1 Å². The first-order valence-corrected chi connectivity index (χ1v) is 9.91. The van der Waals surface area contributed by atoms with Crippen LogP contribution in [-0.4, -0.2) is 42.9 Å². The summed E-state index contributed by atoms with van der Waals surface area (Å²) in [6, 6.07) is 5.02. The lowest BCUT2D eigenvalue weighted by Gasteiger charge is -2.17. The first-order chi connectivity index (χ1) is 14.4. The van der Waals surface area contributed by atoms with E-state index in [0.29, 0.717) is 42.8 Å². The summed E-state index contributed by atoms with van der Waals surface area (Å²) in [6.07, 6.45) is 1.41. The standard InChI is InChI=1S/C20H29F2N5O3/c1-5-28-15-9-6-8-14(17(15)29-19(21)22)12-25-20(23-4)24-11-7-10-16-26-18(13(2)3)27-30-16/h6,8-9,13,19H,5,7,10-12H2,1-4H3,(H2,23,24,25). The highest BCUT2D eigenvalue weighted by atomic mass is 19.3. The van der Waals surface area contributed by atoms with Gasteiger partial charge in [0.15, 0.2) is 23.3 Å². The van der Waals surface area contributed by atoms with E-state index in [1.807, 2.05) is 13.8 Å². The monoisotopic (exact) mass is 425 g/mol. The number of aryl methyl sites for hydroxylation is 1. The maximum Gasteiger partial charge on any atom is 0.387 e. The molecule has 30 heavy (non-hydrogen) atoms. The fourth-order valence-corrected chi connectivity index (χ4v) is 2.64. The van der Waals surface area contributed by atoms with Crippen molar-refractivity contribution in [3.8, 4) is 11.5 Å². The Bertz CT molecular complexity index is 811. The Labute approximate surface area is 175 Å². The van der Waals surface area contributed by atoms with Crippen LogP contribution >= 0.6 is 0 Å². The minimum absolute atomic E-state index is 0.0228. The molecule has 1 aromatic carbocycles. The van der Waals surface area contributed by atoms with Crippen LogP contribution in [0.3, 0.4) is 0 Å². The molecule has 0 atom stereocenters. The van der Waals surface area contributed by atoms with Crippen molar-refractivity contribution < 1.29 is 22.8 Å². The molecule has 0 saturated heterocycles. The van der Waals surface area contributed by atoms with Gasteiger partial charge in [0.05, 0.1) is 6.61 Å². The molecule has 1 heterocycles. The number of guanidine groups is 1. The largest absolute Gasteiger partial charge is 0.490 e. The van der Waals surface area contributed by atoms with Crippen LogP contribution in [0.2, 0.25) is 0 Å². The Balaban J connectivity index is 1.86. The van der Waals surface area contributed by atoms with Crippen molar-refractivity contribution in [2.75, 3.05) is 20.2 Å². The van der Waals surface area contributed by atoms with E-state index in [-0.39, 0.29) is 24.0 Å². The second-order valence-electron chi connectivity index (χ2n) is 6.71. The predicted octanol–water partition coefficient (Wildman–Crippen LogP) is 3.49. The van der Waals surface area contributed by atoms with E-state index in [2.05, 4.69) is 30.5 Å². The first-order valence-electron chi connectivity index (χ1n) is 9.91. The van der Waals surface area contributed by atoms with Crippen LogP contribution in [0.1, 0.15) is 50.4 Å². The Morgan fingerprint density at radius 1 is 1.27 bits per heavy atom. The van der Waals surface area contributed by atoms with E-state index in [0.717, 1.165) is 6.42 Å². The molecule has 0 fully saturated rings. The number of benzene rings is 1. The molecule has 0 spiro atoms. The van der Waals surface area contributed by atoms with Crippen molar-refractivity contribution in [1.82, 2.24) is 20.8 Å². The molecule has 166 valence electrons. The number of aromatic nitrogens is 2. The number of ether oxygens (including phenoxy) is 2. The molecule has 0 aliphatic rings. The third kappa shape index (κ3) is 7.16. The Morgan fingerprint density at radius 2 is 2.07 bits per heavy atom. The lowest BCUT2D eigenvalue weighted by molar-refractivity contribution is -0.0520. The lowest BCUT2D eigenvalue weighted by atomic mass is 10.2. The van der Waals surface area contributed by atoms with Gasteiger partial charge in [-0.05, 0) is 19.4 Å². The molecule has 0 unspecified atom stereocenters. The zero-order valence-corrected chi connectivity index (χ0v) is 17.7. The summed E-state index contributed by atoms with van der Waals surface area (Å²) < 4.78 is 40.9. The molecule has 8 nitrogen and oxygen atoms in total. The van der Waals surface area contributed by atoms with Gasteiger partial charge in [-0.25, -0.2) is 0 Å². The van der Waals surface area contributed by atoms with Crippen molar-refractivity contribution in [1.29, 1.82) is 0 Å². The summed E-state index contributed by atoms with van der Waals surface area (Å²) in [5, 5.41) is 10.2. The molecule has 0 bridgehead atoms. The number of para-hydroxylation sites is 1. The van der Waals surface area contributed by atoms with Gasteiger partial charge < -0.3 is 24.6 Å². The molecular formula is C20H29F2N5O3. The maximum atomic E-state index is 12.8. The highest BCUT2D eigenvalue weighted by Crippen LogP contribution is 2.32. The third-order valence-corrected chi connectivity index (χ3v) is 4.10. The SMILES string of the molecule is CCOc1cccc(CNC(=NC)NCCCc2nc(C(C)C)no2)c1OC(F)F. The molecule has 2 rings (SSSR count). The fraction of sp³-hybridized carbons (Fsp3) is 0.550. The van der Waals surface area contributed by atoms with Crippen LogP contribution in [-0.2, 0) is 13.0 Å². The van der Waals surface area contributed by atoms with Crippen LogP contribution in [0.15, 0.2) is 27.7 Å². The van der Waals surface area contributed by atoms with E-state index < -0.39 is 6.61 Å². The summed E-state index contributed by atoms with van der Waals surface area (Å²) in [6.45, 7) is 4.06. The van der Waals surface area contributed by atoms with Crippen LogP contribution in [0.25, 0.3) is 0 Å². The van der Waals surface area contributed by atoms with Gasteiger partial charge in [-0.15, -0.1) is 0 Å². The van der Waals surface area contributed by atoms with Gasteiger partial charge in [-0.2, -0.15) is 13.8 Å². The molecule has 0 aliphatic heterocycles. The van der Waals surface area contributed by atoms with E-state index >= 15 is 0 Å². The van der Waals surface area contributed by atoms with Crippen molar-refractivity contribution in [2.45, 2.75) is 52.7 Å². The average Bonchev–Trinajstić information content (AvgIpc) is 3.18. The topological polar surface area (TPSA) is 93.8 Å². The smallest absolute Gasteiger partial charge is 0.387 e. The van der Waals surface area contributed by atoms with E-state index in [9.17, 15) is 8.78 Å². The second kappa shape index (κ2) is 11.9. The van der Waals surface area contributed by atoms with Crippen molar-refractivity contribution in [3.05, 3.63) is 35.5 Å². The number of aliphatic imine (C=N–C) groups is 1. The highest BCUT2D eigenvalue weighted by Gasteiger charge is 2.16. The molecule has 0 radical (unpaired) electrons. The summed E-state index contributed by atoms with van der Waals surface area (Å²) in [7, 11) is 1.63. The highest BCUT2D eigenvalue weighted by molar-refractivity contribution is 5.79.